The third kappa shape index (κ3) is 4.67. The Bertz CT molecular complexity index is 424. The van der Waals surface area contributed by atoms with Crippen LogP contribution in [0, 0.1) is 5.92 Å². The van der Waals surface area contributed by atoms with Crippen molar-refractivity contribution in [3.8, 4) is 0 Å². The second-order valence-electron chi connectivity index (χ2n) is 5.77. The molecule has 0 aromatic carbocycles. The number of carboxylic acid groups (broad SMARTS) is 1. The fraction of sp³-hybridized carbons (Fsp3) is 0.714. The Morgan fingerprint density at radius 3 is 2.53 bits per heavy atom. The van der Waals surface area contributed by atoms with Crippen molar-refractivity contribution < 1.29 is 9.90 Å². The highest BCUT2D eigenvalue weighted by atomic mass is 16.4. The van der Waals surface area contributed by atoms with E-state index in [2.05, 4.69) is 24.3 Å². The summed E-state index contributed by atoms with van der Waals surface area (Å²) in [6, 6.07) is -0.500. The molecule has 0 bridgehead atoms. The highest BCUT2D eigenvalue weighted by molar-refractivity contribution is 5.73. The summed E-state index contributed by atoms with van der Waals surface area (Å²) in [6.45, 7) is 8.79. The van der Waals surface area contributed by atoms with Gasteiger partial charge < -0.3 is 10.4 Å². The van der Waals surface area contributed by atoms with Crippen molar-refractivity contribution in [3.63, 3.8) is 0 Å². The van der Waals surface area contributed by atoms with Crippen LogP contribution in [0.25, 0.3) is 0 Å². The van der Waals surface area contributed by atoms with Gasteiger partial charge in [-0.15, -0.1) is 0 Å². The minimum Gasteiger partial charge on any atom is -0.480 e. The van der Waals surface area contributed by atoms with Crippen molar-refractivity contribution in [3.05, 3.63) is 17.5 Å². The lowest BCUT2D eigenvalue weighted by atomic mass is 10.0. The number of aromatic nitrogens is 2. The van der Waals surface area contributed by atoms with Crippen LogP contribution in [0.3, 0.4) is 0 Å². The van der Waals surface area contributed by atoms with Gasteiger partial charge in [-0.25, -0.2) is 0 Å². The first-order valence-corrected chi connectivity index (χ1v) is 6.79. The summed E-state index contributed by atoms with van der Waals surface area (Å²) in [5, 5.41) is 16.7. The zero-order valence-electron chi connectivity index (χ0n) is 12.5. The number of hydrogen-bond donors (Lipinski definition) is 2. The molecule has 19 heavy (non-hydrogen) atoms. The van der Waals surface area contributed by atoms with Gasteiger partial charge in [0, 0.05) is 25.4 Å². The monoisotopic (exact) mass is 267 g/mol. The Morgan fingerprint density at radius 2 is 2.05 bits per heavy atom. The van der Waals surface area contributed by atoms with Gasteiger partial charge in [0.1, 0.15) is 6.04 Å². The summed E-state index contributed by atoms with van der Waals surface area (Å²) in [4.78, 5) is 11.2. The fourth-order valence-corrected chi connectivity index (χ4v) is 2.15. The van der Waals surface area contributed by atoms with Crippen LogP contribution >= 0.6 is 0 Å². The molecule has 0 radical (unpaired) electrons. The minimum atomic E-state index is -0.788. The number of nitrogens with one attached hydrogen (secondary N) is 1. The van der Waals surface area contributed by atoms with Crippen molar-refractivity contribution in [2.75, 3.05) is 0 Å². The number of carboxylic acids is 1. The summed E-state index contributed by atoms with van der Waals surface area (Å²) in [5.74, 6) is -0.0952. The van der Waals surface area contributed by atoms with E-state index in [-0.39, 0.29) is 0 Å². The van der Waals surface area contributed by atoms with Crippen molar-refractivity contribution in [2.24, 2.45) is 13.0 Å². The zero-order valence-corrected chi connectivity index (χ0v) is 12.5. The lowest BCUT2D eigenvalue weighted by Crippen LogP contribution is -2.37. The second kappa shape index (κ2) is 6.70. The number of hydrogen-bond acceptors (Lipinski definition) is 3. The summed E-state index contributed by atoms with van der Waals surface area (Å²) < 4.78 is 1.78. The number of rotatable bonds is 7. The van der Waals surface area contributed by atoms with Crippen LogP contribution in [0.2, 0.25) is 0 Å². The van der Waals surface area contributed by atoms with Gasteiger partial charge in [-0.2, -0.15) is 5.10 Å². The molecule has 1 aromatic rings. The summed E-state index contributed by atoms with van der Waals surface area (Å²) in [5.41, 5.74) is 2.11. The average Bonchev–Trinajstić information content (AvgIpc) is 2.65. The van der Waals surface area contributed by atoms with E-state index in [9.17, 15) is 9.90 Å². The molecule has 5 heteroatoms. The van der Waals surface area contributed by atoms with Gasteiger partial charge in [0.2, 0.25) is 0 Å². The maximum absolute atomic E-state index is 11.2. The number of aryl methyl sites for hydroxylation is 1. The molecule has 0 fully saturated rings. The maximum atomic E-state index is 11.2. The van der Waals surface area contributed by atoms with Crippen LogP contribution in [-0.2, 0) is 18.4 Å². The second-order valence-corrected chi connectivity index (χ2v) is 5.77. The van der Waals surface area contributed by atoms with Gasteiger partial charge in [0.15, 0.2) is 0 Å². The van der Waals surface area contributed by atoms with Gasteiger partial charge in [-0.3, -0.25) is 9.48 Å². The Labute approximate surface area is 115 Å². The van der Waals surface area contributed by atoms with Crippen LogP contribution in [0.1, 0.15) is 51.3 Å². The Balaban J connectivity index is 2.71. The van der Waals surface area contributed by atoms with Gasteiger partial charge >= 0.3 is 5.97 Å². The smallest absolute Gasteiger partial charge is 0.320 e. The molecule has 0 aliphatic heterocycles. The standard InChI is InChI=1S/C14H25N3O2/c1-9(2)6-12(14(18)19)15-7-11-8-17(5)16-13(11)10(3)4/h8-10,12,15H,6-7H2,1-5H3,(H,18,19). The quantitative estimate of drug-likeness (QED) is 0.794. The molecule has 5 nitrogen and oxygen atoms in total. The zero-order chi connectivity index (χ0) is 14.6. The van der Waals surface area contributed by atoms with E-state index in [1.807, 2.05) is 27.1 Å². The topological polar surface area (TPSA) is 67.2 Å². The number of nitrogens with zero attached hydrogens (tertiary/aromatic N) is 2. The molecular weight excluding hydrogens is 242 g/mol. The molecule has 0 aliphatic rings. The lowest BCUT2D eigenvalue weighted by Gasteiger charge is -2.16. The van der Waals surface area contributed by atoms with E-state index < -0.39 is 12.0 Å². The van der Waals surface area contributed by atoms with Crippen LogP contribution < -0.4 is 5.32 Å². The molecule has 108 valence electrons. The molecule has 0 saturated carbocycles. The van der Waals surface area contributed by atoms with E-state index in [4.69, 9.17) is 0 Å². The first-order valence-electron chi connectivity index (χ1n) is 6.79. The average molecular weight is 267 g/mol. The summed E-state index contributed by atoms with van der Waals surface area (Å²) >= 11 is 0. The van der Waals surface area contributed by atoms with E-state index >= 15 is 0 Å². The molecule has 1 atom stereocenters. The van der Waals surface area contributed by atoms with Gasteiger partial charge in [-0.05, 0) is 18.3 Å². The van der Waals surface area contributed by atoms with E-state index in [1.165, 1.54) is 0 Å². The van der Waals surface area contributed by atoms with Crippen molar-refractivity contribution in [2.45, 2.75) is 52.6 Å². The third-order valence-electron chi connectivity index (χ3n) is 3.03. The van der Waals surface area contributed by atoms with Crippen molar-refractivity contribution in [1.82, 2.24) is 15.1 Å². The summed E-state index contributed by atoms with van der Waals surface area (Å²) in [6.07, 6.45) is 2.59. The van der Waals surface area contributed by atoms with Crippen molar-refractivity contribution in [1.29, 1.82) is 0 Å². The van der Waals surface area contributed by atoms with E-state index in [0.717, 1.165) is 11.3 Å². The Kier molecular flexibility index (Phi) is 5.54. The first kappa shape index (κ1) is 15.7. The molecule has 2 N–H and O–H groups in total. The molecule has 1 heterocycles. The lowest BCUT2D eigenvalue weighted by molar-refractivity contribution is -0.140. The predicted molar refractivity (Wildman–Crippen MR) is 75.0 cm³/mol. The molecule has 1 aromatic heterocycles. The van der Waals surface area contributed by atoms with Gasteiger partial charge in [0.05, 0.1) is 5.69 Å². The van der Waals surface area contributed by atoms with Crippen LogP contribution in [-0.4, -0.2) is 26.9 Å². The predicted octanol–water partition coefficient (Wildman–Crippen LogP) is 2.13. The third-order valence-corrected chi connectivity index (χ3v) is 3.03. The Morgan fingerprint density at radius 1 is 1.42 bits per heavy atom. The highest BCUT2D eigenvalue weighted by Crippen LogP contribution is 2.17. The van der Waals surface area contributed by atoms with Crippen LogP contribution in [0.4, 0.5) is 0 Å². The molecule has 0 aliphatic carbocycles. The molecule has 0 saturated heterocycles. The number of carbonyl (C=O) groups is 1. The summed E-state index contributed by atoms with van der Waals surface area (Å²) in [7, 11) is 1.89. The minimum absolute atomic E-state index is 0.339. The Hall–Kier alpha value is -1.36. The molecular formula is C14H25N3O2. The first-order chi connectivity index (χ1) is 8.81. The fourth-order valence-electron chi connectivity index (χ4n) is 2.15. The molecule has 1 rings (SSSR count). The highest BCUT2D eigenvalue weighted by Gasteiger charge is 2.19. The van der Waals surface area contributed by atoms with Crippen molar-refractivity contribution >= 4 is 5.97 Å². The van der Waals surface area contributed by atoms with Gasteiger partial charge in [-0.1, -0.05) is 27.7 Å². The largest absolute Gasteiger partial charge is 0.480 e. The molecule has 1 unspecified atom stereocenters. The van der Waals surface area contributed by atoms with E-state index in [1.54, 1.807) is 4.68 Å². The SMILES string of the molecule is CC(C)CC(NCc1cn(C)nc1C(C)C)C(=O)O. The normalized spacial score (nSPS) is 13.2. The molecule has 0 spiro atoms. The molecule has 0 amide bonds. The van der Waals surface area contributed by atoms with Crippen LogP contribution in [0.15, 0.2) is 6.20 Å². The van der Waals surface area contributed by atoms with E-state index in [0.29, 0.717) is 24.8 Å². The maximum Gasteiger partial charge on any atom is 0.320 e. The van der Waals surface area contributed by atoms with Gasteiger partial charge in [0.25, 0.3) is 0 Å². The number of aliphatic carboxylic acids is 1. The van der Waals surface area contributed by atoms with Crippen LogP contribution in [0.5, 0.6) is 0 Å².